The molecule has 0 bridgehead atoms. The lowest BCUT2D eigenvalue weighted by atomic mass is 9.93. The van der Waals surface area contributed by atoms with Gasteiger partial charge in [0, 0.05) is 32.7 Å². The SMILES string of the molecule is c1ccc(-c2ccc(-c3nc(-c4ccccc4)nc(-c4c(-n5c6cccc7c6c6c8c(cccc8ccc65)-c5ccccc5-7)ccc5oc6ccccc6c45)n3)cc2)cc1. The second-order valence-electron chi connectivity index (χ2n) is 15.5. The van der Waals surface area contributed by atoms with Gasteiger partial charge in [0.25, 0.3) is 0 Å². The molecular weight excluding hydrogens is 733 g/mol. The molecule has 1 aliphatic carbocycles. The molecule has 3 heterocycles. The molecule has 0 radical (unpaired) electrons. The average molecular weight is 765 g/mol. The number of nitrogens with zero attached hydrogens (tertiary/aromatic N) is 4. The number of hydrogen-bond donors (Lipinski definition) is 0. The molecular formula is C55H32N4O. The van der Waals surface area contributed by atoms with E-state index in [2.05, 4.69) is 162 Å². The molecule has 0 aliphatic heterocycles. The minimum absolute atomic E-state index is 0.572. The maximum absolute atomic E-state index is 6.61. The van der Waals surface area contributed by atoms with Gasteiger partial charge in [-0.3, -0.25) is 0 Å². The third-order valence-corrected chi connectivity index (χ3v) is 12.2. The van der Waals surface area contributed by atoms with Crippen LogP contribution < -0.4 is 0 Å². The maximum atomic E-state index is 6.61. The van der Waals surface area contributed by atoms with E-state index in [1.165, 1.54) is 43.8 Å². The van der Waals surface area contributed by atoms with Gasteiger partial charge < -0.3 is 8.98 Å². The Balaban J connectivity index is 1.15. The Morgan fingerprint density at radius 3 is 1.67 bits per heavy atom. The highest BCUT2D eigenvalue weighted by Crippen LogP contribution is 2.51. The Kier molecular flexibility index (Phi) is 6.95. The molecule has 12 aromatic rings. The van der Waals surface area contributed by atoms with Crippen LogP contribution in [0.4, 0.5) is 0 Å². The van der Waals surface area contributed by atoms with Crippen molar-refractivity contribution < 1.29 is 4.42 Å². The quantitative estimate of drug-likeness (QED) is 0.175. The van der Waals surface area contributed by atoms with Gasteiger partial charge in [-0.05, 0) is 74.5 Å². The third kappa shape index (κ3) is 4.77. The summed E-state index contributed by atoms with van der Waals surface area (Å²) in [5, 5.41) is 6.93. The van der Waals surface area contributed by atoms with E-state index in [1.54, 1.807) is 0 Å². The second kappa shape index (κ2) is 12.7. The van der Waals surface area contributed by atoms with E-state index >= 15 is 0 Å². The molecule has 0 spiro atoms. The van der Waals surface area contributed by atoms with Crippen LogP contribution in [0.15, 0.2) is 199 Å². The normalized spacial score (nSPS) is 12.0. The molecule has 0 unspecified atom stereocenters. The molecule has 60 heavy (non-hydrogen) atoms. The third-order valence-electron chi connectivity index (χ3n) is 12.2. The fraction of sp³-hybridized carbons (Fsp3) is 0. The van der Waals surface area contributed by atoms with Gasteiger partial charge in [-0.2, -0.15) is 0 Å². The van der Waals surface area contributed by atoms with Crippen LogP contribution in [0, 0.1) is 0 Å². The Morgan fingerprint density at radius 1 is 0.333 bits per heavy atom. The molecule has 1 aliphatic rings. The monoisotopic (exact) mass is 764 g/mol. The minimum Gasteiger partial charge on any atom is -0.456 e. The van der Waals surface area contributed by atoms with Gasteiger partial charge in [-0.25, -0.2) is 15.0 Å². The lowest BCUT2D eigenvalue weighted by molar-refractivity contribution is 0.669. The summed E-state index contributed by atoms with van der Waals surface area (Å²) < 4.78 is 9.03. The summed E-state index contributed by atoms with van der Waals surface area (Å²) in [6, 6.07) is 68.4. The number of fused-ring (bicyclic) bond motifs is 6. The summed E-state index contributed by atoms with van der Waals surface area (Å²) in [4.78, 5) is 15.9. The van der Waals surface area contributed by atoms with E-state index < -0.39 is 0 Å². The summed E-state index contributed by atoms with van der Waals surface area (Å²) in [6.07, 6.45) is 0. The second-order valence-corrected chi connectivity index (χ2v) is 15.5. The van der Waals surface area contributed by atoms with Gasteiger partial charge in [0.05, 0.1) is 22.3 Å². The Bertz CT molecular complexity index is 3700. The van der Waals surface area contributed by atoms with Gasteiger partial charge in [0.1, 0.15) is 11.2 Å². The zero-order chi connectivity index (χ0) is 39.3. The van der Waals surface area contributed by atoms with Crippen molar-refractivity contribution in [1.82, 2.24) is 19.5 Å². The smallest absolute Gasteiger partial charge is 0.166 e. The average Bonchev–Trinajstić information content (AvgIpc) is 3.83. The number of benzene rings is 9. The van der Waals surface area contributed by atoms with Gasteiger partial charge in [0.2, 0.25) is 0 Å². The fourth-order valence-corrected chi connectivity index (χ4v) is 9.58. The van der Waals surface area contributed by atoms with Crippen molar-refractivity contribution in [3.63, 3.8) is 0 Å². The van der Waals surface area contributed by atoms with E-state index in [1.807, 2.05) is 36.4 Å². The highest BCUT2D eigenvalue weighted by atomic mass is 16.3. The largest absolute Gasteiger partial charge is 0.456 e. The van der Waals surface area contributed by atoms with Gasteiger partial charge in [-0.15, -0.1) is 0 Å². The first kappa shape index (κ1) is 32.9. The summed E-state index contributed by atoms with van der Waals surface area (Å²) in [6.45, 7) is 0. The van der Waals surface area contributed by atoms with Crippen molar-refractivity contribution in [2.75, 3.05) is 0 Å². The van der Waals surface area contributed by atoms with Gasteiger partial charge in [0.15, 0.2) is 17.5 Å². The van der Waals surface area contributed by atoms with E-state index in [4.69, 9.17) is 19.4 Å². The highest BCUT2D eigenvalue weighted by molar-refractivity contribution is 6.30. The van der Waals surface area contributed by atoms with Crippen LogP contribution in [0.1, 0.15) is 0 Å². The van der Waals surface area contributed by atoms with Crippen LogP contribution in [0.5, 0.6) is 0 Å². The lowest BCUT2D eigenvalue weighted by Crippen LogP contribution is -2.04. The van der Waals surface area contributed by atoms with Crippen LogP contribution in [-0.2, 0) is 0 Å². The maximum Gasteiger partial charge on any atom is 0.166 e. The first-order valence-electron chi connectivity index (χ1n) is 20.3. The molecule has 0 amide bonds. The number of rotatable bonds is 5. The van der Waals surface area contributed by atoms with E-state index in [-0.39, 0.29) is 0 Å². The molecule has 13 rings (SSSR count). The molecule has 278 valence electrons. The number of hydrogen-bond acceptors (Lipinski definition) is 4. The summed E-state index contributed by atoms with van der Waals surface area (Å²) in [7, 11) is 0. The van der Waals surface area contributed by atoms with E-state index in [9.17, 15) is 0 Å². The Labute approximate surface area is 344 Å². The molecule has 0 N–H and O–H groups in total. The summed E-state index contributed by atoms with van der Waals surface area (Å²) in [5.74, 6) is 1.77. The minimum atomic E-state index is 0.572. The molecule has 5 heteroatoms. The topological polar surface area (TPSA) is 56.7 Å². The Morgan fingerprint density at radius 2 is 0.900 bits per heavy atom. The predicted molar refractivity (Wildman–Crippen MR) is 245 cm³/mol. The molecule has 9 aromatic carbocycles. The van der Waals surface area contributed by atoms with Crippen molar-refractivity contribution in [1.29, 1.82) is 0 Å². The standard InChI is InChI=1S/C55H32N4O/c1-3-13-33(14-4-1)34-25-27-37(28-26-34)54-56-53(36-15-5-2-6-16-36)57-55(58-54)52-45(31-32-47-50(52)42-20-9-10-24-46(42)60-47)59-43-23-12-22-41-39-19-8-7-18-38(39)40-21-11-17-35-29-30-44(59)51(48(35)40)49(41)43/h1-32H. The van der Waals surface area contributed by atoms with Crippen LogP contribution in [0.2, 0.25) is 0 Å². The molecule has 0 saturated heterocycles. The first-order valence-corrected chi connectivity index (χ1v) is 20.3. The molecule has 0 saturated carbocycles. The van der Waals surface area contributed by atoms with Crippen molar-refractivity contribution in [2.45, 2.75) is 0 Å². The lowest BCUT2D eigenvalue weighted by Gasteiger charge is -2.17. The van der Waals surface area contributed by atoms with Crippen LogP contribution in [0.25, 0.3) is 128 Å². The zero-order valence-electron chi connectivity index (χ0n) is 32.2. The zero-order valence-corrected chi connectivity index (χ0v) is 32.2. The number of aromatic nitrogens is 4. The van der Waals surface area contributed by atoms with Gasteiger partial charge in [-0.1, -0.05) is 164 Å². The van der Waals surface area contributed by atoms with E-state index in [0.717, 1.165) is 66.5 Å². The van der Waals surface area contributed by atoms with Crippen LogP contribution >= 0.6 is 0 Å². The van der Waals surface area contributed by atoms with Crippen molar-refractivity contribution in [2.24, 2.45) is 0 Å². The van der Waals surface area contributed by atoms with Crippen molar-refractivity contribution in [3.05, 3.63) is 194 Å². The first-order chi connectivity index (χ1) is 29.8. The number of furan rings is 1. The molecule has 0 atom stereocenters. The molecule has 5 nitrogen and oxygen atoms in total. The molecule has 0 fully saturated rings. The highest BCUT2D eigenvalue weighted by Gasteiger charge is 2.28. The van der Waals surface area contributed by atoms with Crippen LogP contribution in [0.3, 0.4) is 0 Å². The Hall–Kier alpha value is -8.15. The van der Waals surface area contributed by atoms with E-state index in [0.29, 0.717) is 17.5 Å². The molecule has 3 aromatic heterocycles. The summed E-state index contributed by atoms with van der Waals surface area (Å²) in [5.41, 5.74) is 14.7. The van der Waals surface area contributed by atoms with Crippen LogP contribution in [-0.4, -0.2) is 19.5 Å². The fourth-order valence-electron chi connectivity index (χ4n) is 9.58. The van der Waals surface area contributed by atoms with Crippen molar-refractivity contribution >= 4 is 54.5 Å². The predicted octanol–water partition coefficient (Wildman–Crippen LogP) is 14.3. The van der Waals surface area contributed by atoms with Crippen molar-refractivity contribution in [3.8, 4) is 73.2 Å². The number of para-hydroxylation sites is 1. The van der Waals surface area contributed by atoms with Gasteiger partial charge >= 0.3 is 0 Å². The summed E-state index contributed by atoms with van der Waals surface area (Å²) >= 11 is 0.